The van der Waals surface area contributed by atoms with Crippen LogP contribution in [0.5, 0.6) is 5.75 Å². The molecule has 0 saturated heterocycles. The molecule has 0 fully saturated rings. The van der Waals surface area contributed by atoms with E-state index in [2.05, 4.69) is 25.9 Å². The molecule has 0 radical (unpaired) electrons. The van der Waals surface area contributed by atoms with Gasteiger partial charge >= 0.3 is 0 Å². The minimum Gasteiger partial charge on any atom is -0.490 e. The van der Waals surface area contributed by atoms with Gasteiger partial charge in [0.15, 0.2) is 11.6 Å². The Morgan fingerprint density at radius 1 is 1.35 bits per heavy atom. The summed E-state index contributed by atoms with van der Waals surface area (Å²) >= 11 is 0. The van der Waals surface area contributed by atoms with Crippen molar-refractivity contribution in [3.8, 4) is 5.75 Å². The zero-order valence-electron chi connectivity index (χ0n) is 10.2. The van der Waals surface area contributed by atoms with Crippen molar-refractivity contribution in [2.45, 2.75) is 6.92 Å². The number of methoxy groups -OCH3 is 1. The Bertz CT molecular complexity index is 383. The van der Waals surface area contributed by atoms with Gasteiger partial charge in [0.2, 0.25) is 11.7 Å². The van der Waals surface area contributed by atoms with Crippen molar-refractivity contribution in [1.29, 1.82) is 0 Å². The lowest BCUT2D eigenvalue weighted by molar-refractivity contribution is -0.118. The van der Waals surface area contributed by atoms with Crippen LogP contribution in [0.1, 0.15) is 6.92 Å². The highest BCUT2D eigenvalue weighted by Crippen LogP contribution is 2.28. The molecule has 0 aliphatic heterocycles. The Hall–Kier alpha value is -2.05. The maximum absolute atomic E-state index is 11.1. The maximum atomic E-state index is 11.1. The van der Waals surface area contributed by atoms with Crippen LogP contribution in [0.4, 0.5) is 11.6 Å². The number of likely N-dealkylation sites (N-methyl/N-ethyl adjacent to an activating group) is 1. The Labute approximate surface area is 100.0 Å². The number of amides is 1. The second-order valence-corrected chi connectivity index (χ2v) is 3.16. The van der Waals surface area contributed by atoms with Crippen LogP contribution < -0.4 is 20.7 Å². The van der Waals surface area contributed by atoms with Crippen LogP contribution in [-0.4, -0.2) is 43.1 Å². The van der Waals surface area contributed by atoms with Gasteiger partial charge in [0.1, 0.15) is 6.33 Å². The lowest BCUT2D eigenvalue weighted by Crippen LogP contribution is -2.26. The number of ether oxygens (including phenoxy) is 1. The molecule has 1 aromatic rings. The van der Waals surface area contributed by atoms with E-state index in [1.807, 2.05) is 6.92 Å². The summed E-state index contributed by atoms with van der Waals surface area (Å²) < 4.78 is 5.21. The average molecular weight is 239 g/mol. The molecule has 0 saturated carbocycles. The molecule has 0 bridgehead atoms. The van der Waals surface area contributed by atoms with Crippen molar-refractivity contribution in [3.05, 3.63) is 6.33 Å². The molecule has 0 aromatic carbocycles. The smallest absolute Gasteiger partial charge is 0.239 e. The molecular formula is C10H17N5O2. The molecule has 7 heteroatoms. The maximum Gasteiger partial charge on any atom is 0.239 e. The summed E-state index contributed by atoms with van der Waals surface area (Å²) in [5.41, 5.74) is 0. The second-order valence-electron chi connectivity index (χ2n) is 3.16. The van der Waals surface area contributed by atoms with Crippen molar-refractivity contribution in [2.75, 3.05) is 37.9 Å². The standard InChI is InChI=1S/C10H17N5O2/c1-4-12-9-8(17-3)10(15-6-14-9)13-5-7(16)11-2/h6H,4-5H2,1-3H3,(H,11,16)(H2,12,13,14,15). The summed E-state index contributed by atoms with van der Waals surface area (Å²) in [6.45, 7) is 2.82. The Morgan fingerprint density at radius 3 is 2.53 bits per heavy atom. The van der Waals surface area contributed by atoms with Gasteiger partial charge in [-0.1, -0.05) is 0 Å². The van der Waals surface area contributed by atoms with Crippen LogP contribution >= 0.6 is 0 Å². The molecule has 0 aliphatic carbocycles. The van der Waals surface area contributed by atoms with Crippen LogP contribution in [0.3, 0.4) is 0 Å². The first-order valence-electron chi connectivity index (χ1n) is 5.30. The van der Waals surface area contributed by atoms with E-state index in [0.29, 0.717) is 17.4 Å². The molecule has 1 amide bonds. The molecule has 1 rings (SSSR count). The number of aromatic nitrogens is 2. The molecule has 0 unspecified atom stereocenters. The summed E-state index contributed by atoms with van der Waals surface area (Å²) in [7, 11) is 3.11. The molecule has 0 atom stereocenters. The molecule has 3 N–H and O–H groups in total. The first-order valence-corrected chi connectivity index (χ1v) is 5.30. The van der Waals surface area contributed by atoms with Crippen molar-refractivity contribution < 1.29 is 9.53 Å². The normalized spacial score (nSPS) is 9.59. The Kier molecular flexibility index (Phi) is 4.99. The van der Waals surface area contributed by atoms with E-state index in [1.54, 1.807) is 7.05 Å². The molecule has 1 heterocycles. The molecule has 94 valence electrons. The van der Waals surface area contributed by atoms with Gasteiger partial charge in [-0.25, -0.2) is 9.97 Å². The van der Waals surface area contributed by atoms with E-state index in [0.717, 1.165) is 6.54 Å². The number of carbonyl (C=O) groups is 1. The predicted octanol–water partition coefficient (Wildman–Crippen LogP) is 0.0749. The summed E-state index contributed by atoms with van der Waals surface area (Å²) in [5.74, 6) is 1.46. The van der Waals surface area contributed by atoms with Gasteiger partial charge in [0.05, 0.1) is 13.7 Å². The first kappa shape index (κ1) is 13.0. The highest BCUT2D eigenvalue weighted by molar-refractivity contribution is 5.81. The molecule has 17 heavy (non-hydrogen) atoms. The number of hydrogen-bond acceptors (Lipinski definition) is 6. The van der Waals surface area contributed by atoms with Crippen LogP contribution in [0.2, 0.25) is 0 Å². The lowest BCUT2D eigenvalue weighted by Gasteiger charge is -2.12. The van der Waals surface area contributed by atoms with Crippen LogP contribution in [0, 0.1) is 0 Å². The molecular weight excluding hydrogens is 222 g/mol. The SMILES string of the molecule is CCNc1ncnc(NCC(=O)NC)c1OC. The fourth-order valence-electron chi connectivity index (χ4n) is 1.24. The summed E-state index contributed by atoms with van der Waals surface area (Å²) in [5, 5.41) is 8.45. The highest BCUT2D eigenvalue weighted by Gasteiger charge is 2.11. The van der Waals surface area contributed by atoms with Crippen molar-refractivity contribution in [3.63, 3.8) is 0 Å². The highest BCUT2D eigenvalue weighted by atomic mass is 16.5. The fraction of sp³-hybridized carbons (Fsp3) is 0.500. The van der Waals surface area contributed by atoms with E-state index < -0.39 is 0 Å². The largest absolute Gasteiger partial charge is 0.490 e. The zero-order chi connectivity index (χ0) is 12.7. The minimum absolute atomic E-state index is 0.129. The number of nitrogens with one attached hydrogen (secondary N) is 3. The number of nitrogens with zero attached hydrogens (tertiary/aromatic N) is 2. The van der Waals surface area contributed by atoms with Crippen molar-refractivity contribution >= 4 is 17.5 Å². The third-order valence-electron chi connectivity index (χ3n) is 2.05. The van der Waals surface area contributed by atoms with Crippen LogP contribution in [0.25, 0.3) is 0 Å². The molecule has 0 spiro atoms. The Balaban J connectivity index is 2.83. The van der Waals surface area contributed by atoms with Crippen LogP contribution in [-0.2, 0) is 4.79 Å². The van der Waals surface area contributed by atoms with Gasteiger partial charge in [0, 0.05) is 13.6 Å². The monoisotopic (exact) mass is 239 g/mol. The van der Waals surface area contributed by atoms with Crippen molar-refractivity contribution in [1.82, 2.24) is 15.3 Å². The van der Waals surface area contributed by atoms with Crippen LogP contribution in [0.15, 0.2) is 6.33 Å². The Morgan fingerprint density at radius 2 is 2.00 bits per heavy atom. The van der Waals surface area contributed by atoms with Gasteiger partial charge in [-0.15, -0.1) is 0 Å². The summed E-state index contributed by atoms with van der Waals surface area (Å²) in [6, 6.07) is 0. The van der Waals surface area contributed by atoms with Gasteiger partial charge in [-0.2, -0.15) is 0 Å². The third-order valence-corrected chi connectivity index (χ3v) is 2.05. The van der Waals surface area contributed by atoms with Crippen molar-refractivity contribution in [2.24, 2.45) is 0 Å². The van der Waals surface area contributed by atoms with Gasteiger partial charge < -0.3 is 20.7 Å². The quantitative estimate of drug-likeness (QED) is 0.651. The van der Waals surface area contributed by atoms with E-state index in [1.165, 1.54) is 13.4 Å². The minimum atomic E-state index is -0.129. The second kappa shape index (κ2) is 6.51. The predicted molar refractivity (Wildman–Crippen MR) is 65.3 cm³/mol. The summed E-state index contributed by atoms with van der Waals surface area (Å²) in [4.78, 5) is 19.2. The van der Waals surface area contributed by atoms with Gasteiger partial charge in [-0.05, 0) is 6.92 Å². The molecule has 7 nitrogen and oxygen atoms in total. The van der Waals surface area contributed by atoms with Gasteiger partial charge in [0.25, 0.3) is 0 Å². The number of rotatable bonds is 6. The number of anilines is 2. The van der Waals surface area contributed by atoms with E-state index in [4.69, 9.17) is 4.74 Å². The molecule has 0 aliphatic rings. The van der Waals surface area contributed by atoms with Gasteiger partial charge in [-0.3, -0.25) is 4.79 Å². The summed E-state index contributed by atoms with van der Waals surface area (Å²) in [6.07, 6.45) is 1.41. The zero-order valence-corrected chi connectivity index (χ0v) is 10.2. The third kappa shape index (κ3) is 3.47. The topological polar surface area (TPSA) is 88.2 Å². The molecule has 1 aromatic heterocycles. The van der Waals surface area contributed by atoms with E-state index in [-0.39, 0.29) is 12.5 Å². The van der Waals surface area contributed by atoms with E-state index >= 15 is 0 Å². The fourth-order valence-corrected chi connectivity index (χ4v) is 1.24. The first-order chi connectivity index (χ1) is 8.22. The number of carbonyl (C=O) groups excluding carboxylic acids is 1. The van der Waals surface area contributed by atoms with E-state index in [9.17, 15) is 4.79 Å². The number of hydrogen-bond donors (Lipinski definition) is 3. The lowest BCUT2D eigenvalue weighted by atomic mass is 10.4. The average Bonchev–Trinajstić information content (AvgIpc) is 2.36.